The van der Waals surface area contributed by atoms with Crippen molar-refractivity contribution < 1.29 is 23.1 Å². The number of aromatic nitrogens is 1. The summed E-state index contributed by atoms with van der Waals surface area (Å²) in [6, 6.07) is 13.4. The van der Waals surface area contributed by atoms with Crippen LogP contribution >= 0.6 is 0 Å². The van der Waals surface area contributed by atoms with Gasteiger partial charge in [0.15, 0.2) is 12.4 Å². The number of rotatable bonds is 8. The van der Waals surface area contributed by atoms with Crippen LogP contribution in [0.3, 0.4) is 0 Å². The summed E-state index contributed by atoms with van der Waals surface area (Å²) in [6.07, 6.45) is 1.42. The Morgan fingerprint density at radius 3 is 2.58 bits per heavy atom. The predicted octanol–water partition coefficient (Wildman–Crippen LogP) is 3.41. The van der Waals surface area contributed by atoms with E-state index in [0.717, 1.165) is 0 Å². The summed E-state index contributed by atoms with van der Waals surface area (Å²) in [7, 11) is 0. The van der Waals surface area contributed by atoms with Gasteiger partial charge in [0.2, 0.25) is 5.88 Å². The van der Waals surface area contributed by atoms with Gasteiger partial charge in [-0.3, -0.25) is 4.79 Å². The lowest BCUT2D eigenvalue weighted by Crippen LogP contribution is -2.27. The Bertz CT molecular complexity index is 1070. The molecule has 2 aromatic carbocycles. The molecule has 3 N–H and O–H groups in total. The number of amides is 1. The molecule has 0 fully saturated rings. The van der Waals surface area contributed by atoms with E-state index in [1.54, 1.807) is 31.2 Å². The Hall–Kier alpha value is -4.01. The average molecular weight is 426 g/mol. The summed E-state index contributed by atoms with van der Waals surface area (Å²) < 4.78 is 31.9. The minimum Gasteiger partial charge on any atom is -0.439 e. The van der Waals surface area contributed by atoms with Crippen molar-refractivity contribution in [2.24, 2.45) is 10.9 Å². The first kappa shape index (κ1) is 21.7. The van der Waals surface area contributed by atoms with Crippen molar-refractivity contribution >= 4 is 11.7 Å². The number of pyridine rings is 1. The van der Waals surface area contributed by atoms with Crippen molar-refractivity contribution in [3.63, 3.8) is 0 Å². The summed E-state index contributed by atoms with van der Waals surface area (Å²) in [4.78, 5) is 20.9. The van der Waals surface area contributed by atoms with E-state index in [9.17, 15) is 13.6 Å². The van der Waals surface area contributed by atoms with Gasteiger partial charge >= 0.3 is 0 Å². The molecule has 0 atom stereocenters. The van der Waals surface area contributed by atoms with E-state index < -0.39 is 5.91 Å². The van der Waals surface area contributed by atoms with Gasteiger partial charge in [0.05, 0.1) is 0 Å². The van der Waals surface area contributed by atoms with Crippen LogP contribution < -0.4 is 15.8 Å². The summed E-state index contributed by atoms with van der Waals surface area (Å²) >= 11 is 0. The molecule has 0 saturated heterocycles. The van der Waals surface area contributed by atoms with E-state index in [2.05, 4.69) is 15.5 Å². The van der Waals surface area contributed by atoms with Gasteiger partial charge in [-0.05, 0) is 54.4 Å². The number of oxime groups is 1. The number of hydrogen-bond acceptors (Lipinski definition) is 5. The van der Waals surface area contributed by atoms with Crippen LogP contribution in [-0.2, 0) is 16.2 Å². The summed E-state index contributed by atoms with van der Waals surface area (Å²) in [5, 5.41) is 6.29. The van der Waals surface area contributed by atoms with E-state index >= 15 is 0 Å². The Morgan fingerprint density at radius 2 is 1.90 bits per heavy atom. The first-order chi connectivity index (χ1) is 14.9. The maximum atomic E-state index is 13.5. The minimum atomic E-state index is -0.432. The molecule has 160 valence electrons. The minimum absolute atomic E-state index is 0.0224. The third-order valence-corrected chi connectivity index (χ3v) is 4.15. The fourth-order valence-electron chi connectivity index (χ4n) is 2.43. The number of ether oxygens (including phenoxy) is 1. The highest BCUT2D eigenvalue weighted by atomic mass is 19.1. The number of carbonyl (C=O) groups is 1. The zero-order valence-electron chi connectivity index (χ0n) is 16.6. The highest BCUT2D eigenvalue weighted by Crippen LogP contribution is 2.19. The van der Waals surface area contributed by atoms with Crippen LogP contribution in [0.5, 0.6) is 11.6 Å². The largest absolute Gasteiger partial charge is 0.439 e. The number of nitrogens with two attached hydrogens (primary N) is 1. The molecule has 0 aliphatic rings. The lowest BCUT2D eigenvalue weighted by molar-refractivity contribution is -0.125. The maximum Gasteiger partial charge on any atom is 0.261 e. The summed E-state index contributed by atoms with van der Waals surface area (Å²) in [5.41, 5.74) is 7.45. The Kier molecular flexibility index (Phi) is 7.10. The summed E-state index contributed by atoms with van der Waals surface area (Å²) in [5.74, 6) is -0.379. The molecule has 9 heteroatoms. The number of nitrogens with one attached hydrogen (secondary N) is 1. The second-order valence-corrected chi connectivity index (χ2v) is 6.55. The van der Waals surface area contributed by atoms with Gasteiger partial charge in [-0.1, -0.05) is 17.3 Å². The molecule has 0 unspecified atom stereocenters. The fourth-order valence-corrected chi connectivity index (χ4v) is 2.43. The second-order valence-electron chi connectivity index (χ2n) is 6.55. The van der Waals surface area contributed by atoms with Gasteiger partial charge in [-0.25, -0.2) is 13.8 Å². The van der Waals surface area contributed by atoms with Crippen molar-refractivity contribution in [2.45, 2.75) is 13.5 Å². The number of benzene rings is 2. The van der Waals surface area contributed by atoms with E-state index in [4.69, 9.17) is 15.3 Å². The van der Waals surface area contributed by atoms with Crippen molar-refractivity contribution in [1.82, 2.24) is 10.3 Å². The van der Waals surface area contributed by atoms with Crippen LogP contribution in [0, 0.1) is 18.6 Å². The molecule has 1 amide bonds. The first-order valence-corrected chi connectivity index (χ1v) is 9.28. The molecular formula is C22H20F2N4O3. The highest BCUT2D eigenvalue weighted by molar-refractivity contribution is 5.96. The van der Waals surface area contributed by atoms with Crippen LogP contribution in [0.25, 0.3) is 0 Å². The summed E-state index contributed by atoms with van der Waals surface area (Å²) in [6.45, 7) is 1.47. The quantitative estimate of drug-likeness (QED) is 0.327. The molecule has 0 saturated carbocycles. The van der Waals surface area contributed by atoms with Gasteiger partial charge in [-0.15, -0.1) is 0 Å². The molecule has 1 heterocycles. The molecule has 3 rings (SSSR count). The van der Waals surface area contributed by atoms with Crippen LogP contribution in [0.2, 0.25) is 0 Å². The van der Waals surface area contributed by atoms with Gasteiger partial charge < -0.3 is 20.6 Å². The van der Waals surface area contributed by atoms with E-state index in [1.165, 1.54) is 36.5 Å². The topological polar surface area (TPSA) is 98.8 Å². The van der Waals surface area contributed by atoms with Gasteiger partial charge in [-0.2, -0.15) is 0 Å². The monoisotopic (exact) mass is 426 g/mol. The van der Waals surface area contributed by atoms with Crippen LogP contribution in [0.15, 0.2) is 65.9 Å². The molecular weight excluding hydrogens is 406 g/mol. The molecule has 31 heavy (non-hydrogen) atoms. The number of nitrogens with zero attached hydrogens (tertiary/aromatic N) is 2. The van der Waals surface area contributed by atoms with Crippen LogP contribution in [0.1, 0.15) is 16.7 Å². The third kappa shape index (κ3) is 6.49. The number of halogens is 2. The number of hydrogen-bond donors (Lipinski definition) is 2. The Morgan fingerprint density at radius 1 is 1.13 bits per heavy atom. The van der Waals surface area contributed by atoms with E-state index in [-0.39, 0.29) is 36.5 Å². The van der Waals surface area contributed by atoms with Gasteiger partial charge in [0, 0.05) is 24.4 Å². The molecule has 7 nitrogen and oxygen atoms in total. The molecule has 1 aromatic heterocycles. The molecule has 0 radical (unpaired) electrons. The molecule has 0 bridgehead atoms. The van der Waals surface area contributed by atoms with E-state index in [1.807, 2.05) is 0 Å². The van der Waals surface area contributed by atoms with Crippen molar-refractivity contribution in [3.8, 4) is 11.6 Å². The van der Waals surface area contributed by atoms with Crippen molar-refractivity contribution in [3.05, 3.63) is 89.1 Å². The number of aryl methyl sites for hydroxylation is 1. The first-order valence-electron chi connectivity index (χ1n) is 9.28. The van der Waals surface area contributed by atoms with Crippen molar-refractivity contribution in [1.29, 1.82) is 0 Å². The Labute approximate surface area is 177 Å². The fraction of sp³-hybridized carbons (Fsp3) is 0.136. The van der Waals surface area contributed by atoms with Crippen molar-refractivity contribution in [2.75, 3.05) is 6.61 Å². The predicted molar refractivity (Wildman–Crippen MR) is 110 cm³/mol. The molecule has 0 aliphatic heterocycles. The Balaban J connectivity index is 1.46. The highest BCUT2D eigenvalue weighted by Gasteiger charge is 2.06. The molecule has 3 aromatic rings. The van der Waals surface area contributed by atoms with E-state index in [0.29, 0.717) is 22.4 Å². The number of carbonyl (C=O) groups excluding carboxylic acids is 1. The lowest BCUT2D eigenvalue weighted by Gasteiger charge is -2.07. The average Bonchev–Trinajstić information content (AvgIpc) is 2.76. The standard InChI is InChI=1S/C22H20F2N4O3/c1-14-2-3-15(10-19(14)24)11-26-20(29)13-30-28-22(25)16-4-9-21(27-12-16)31-18-7-5-17(23)6-8-18/h2-10,12H,11,13H2,1H3,(H2,25,28)(H,26,29). The number of amidine groups is 1. The maximum absolute atomic E-state index is 13.5. The molecule has 0 spiro atoms. The zero-order chi connectivity index (χ0) is 22.2. The third-order valence-electron chi connectivity index (χ3n) is 4.15. The SMILES string of the molecule is Cc1ccc(CNC(=O)CON=C(N)c2ccc(Oc3ccc(F)cc3)nc2)cc1F. The smallest absolute Gasteiger partial charge is 0.261 e. The van der Waals surface area contributed by atoms with Gasteiger partial charge in [0.25, 0.3) is 5.91 Å². The normalized spacial score (nSPS) is 11.1. The molecule has 0 aliphatic carbocycles. The lowest BCUT2D eigenvalue weighted by atomic mass is 10.1. The van der Waals surface area contributed by atoms with Crippen LogP contribution in [-0.4, -0.2) is 23.3 Å². The second kappa shape index (κ2) is 10.1. The zero-order valence-corrected chi connectivity index (χ0v) is 16.6. The van der Waals surface area contributed by atoms with Gasteiger partial charge in [0.1, 0.15) is 17.4 Å². The van der Waals surface area contributed by atoms with Crippen LogP contribution in [0.4, 0.5) is 8.78 Å².